The van der Waals surface area contributed by atoms with Gasteiger partial charge in [0.1, 0.15) is 0 Å². The number of benzene rings is 1. The van der Waals surface area contributed by atoms with Crippen molar-refractivity contribution in [2.45, 2.75) is 19.4 Å². The van der Waals surface area contributed by atoms with E-state index in [9.17, 15) is 4.79 Å². The van der Waals surface area contributed by atoms with Crippen LogP contribution in [0.3, 0.4) is 0 Å². The average molecular weight is 299 g/mol. The third kappa shape index (κ3) is 3.49. The van der Waals surface area contributed by atoms with Gasteiger partial charge >= 0.3 is 0 Å². The van der Waals surface area contributed by atoms with Gasteiger partial charge in [0.2, 0.25) is 5.91 Å². The maximum atomic E-state index is 11.8. The lowest BCUT2D eigenvalue weighted by atomic mass is 10.3. The van der Waals surface area contributed by atoms with Crippen molar-refractivity contribution in [3.8, 4) is 0 Å². The highest BCUT2D eigenvalue weighted by Gasteiger charge is 2.04. The number of hydrogen-bond donors (Lipinski definition) is 1. The van der Waals surface area contributed by atoms with Gasteiger partial charge in [0, 0.05) is 18.0 Å². The van der Waals surface area contributed by atoms with E-state index in [1.807, 2.05) is 42.0 Å². The number of aromatic nitrogens is 2. The minimum Gasteiger partial charge on any atom is -0.356 e. The van der Waals surface area contributed by atoms with Crippen molar-refractivity contribution in [1.82, 2.24) is 14.9 Å². The Morgan fingerprint density at radius 2 is 2.14 bits per heavy atom. The molecule has 2 aromatic heterocycles. The van der Waals surface area contributed by atoms with Crippen LogP contribution in [0.2, 0.25) is 0 Å². The number of imidazole rings is 1. The highest BCUT2D eigenvalue weighted by atomic mass is 32.1. The van der Waals surface area contributed by atoms with Crippen LogP contribution in [0, 0.1) is 0 Å². The molecule has 3 aromatic rings. The summed E-state index contributed by atoms with van der Waals surface area (Å²) in [5.74, 6) is 0.0907. The number of carbonyl (C=O) groups excluding carboxylic acids is 1. The average Bonchev–Trinajstić information content (AvgIpc) is 3.13. The molecular weight excluding hydrogens is 282 g/mol. The molecule has 0 aliphatic carbocycles. The Morgan fingerprint density at radius 1 is 1.24 bits per heavy atom. The summed E-state index contributed by atoms with van der Waals surface area (Å²) in [6.07, 6.45) is 3.24. The number of nitrogens with zero attached hydrogens (tertiary/aromatic N) is 2. The summed E-state index contributed by atoms with van der Waals surface area (Å²) in [5, 5.41) is 4.96. The van der Waals surface area contributed by atoms with Crippen molar-refractivity contribution < 1.29 is 4.79 Å². The van der Waals surface area contributed by atoms with E-state index in [1.165, 1.54) is 0 Å². The number of thiophene rings is 1. The predicted octanol–water partition coefficient (Wildman–Crippen LogP) is 2.85. The number of rotatable bonds is 6. The Labute approximate surface area is 127 Å². The maximum absolute atomic E-state index is 11.8. The van der Waals surface area contributed by atoms with Gasteiger partial charge in [-0.25, -0.2) is 4.98 Å². The number of aryl methyl sites for hydroxylation is 1. The number of para-hydroxylation sites is 2. The molecule has 0 aliphatic heterocycles. The van der Waals surface area contributed by atoms with Crippen LogP contribution >= 0.6 is 11.3 Å². The largest absolute Gasteiger partial charge is 0.356 e. The minimum absolute atomic E-state index is 0.0907. The van der Waals surface area contributed by atoms with Crippen LogP contribution in [-0.4, -0.2) is 22.0 Å². The van der Waals surface area contributed by atoms with Gasteiger partial charge in [-0.05, 0) is 30.0 Å². The van der Waals surface area contributed by atoms with E-state index in [4.69, 9.17) is 0 Å². The van der Waals surface area contributed by atoms with Crippen LogP contribution in [0.1, 0.15) is 11.3 Å². The molecule has 0 radical (unpaired) electrons. The summed E-state index contributed by atoms with van der Waals surface area (Å²) in [6.45, 7) is 1.55. The van der Waals surface area contributed by atoms with Crippen molar-refractivity contribution >= 4 is 28.3 Å². The Bertz CT molecular complexity index is 718. The van der Waals surface area contributed by atoms with Crippen molar-refractivity contribution in [3.63, 3.8) is 0 Å². The fourth-order valence-corrected chi connectivity index (χ4v) is 3.00. The van der Waals surface area contributed by atoms with Gasteiger partial charge in [-0.1, -0.05) is 18.2 Å². The van der Waals surface area contributed by atoms with E-state index >= 15 is 0 Å². The van der Waals surface area contributed by atoms with E-state index in [2.05, 4.69) is 20.9 Å². The Hall–Kier alpha value is -2.14. The lowest BCUT2D eigenvalue weighted by molar-refractivity contribution is -0.120. The van der Waals surface area contributed by atoms with E-state index in [0.717, 1.165) is 28.9 Å². The minimum atomic E-state index is 0.0907. The monoisotopic (exact) mass is 299 g/mol. The molecule has 1 N–H and O–H groups in total. The van der Waals surface area contributed by atoms with Crippen LogP contribution < -0.4 is 5.32 Å². The van der Waals surface area contributed by atoms with Crippen LogP contribution in [-0.2, 0) is 17.8 Å². The zero-order chi connectivity index (χ0) is 14.5. The van der Waals surface area contributed by atoms with E-state index < -0.39 is 0 Å². The normalized spacial score (nSPS) is 10.9. The van der Waals surface area contributed by atoms with Crippen molar-refractivity contribution in [1.29, 1.82) is 0 Å². The lowest BCUT2D eigenvalue weighted by Crippen LogP contribution is -2.26. The van der Waals surface area contributed by atoms with Gasteiger partial charge in [0.25, 0.3) is 0 Å². The first-order chi connectivity index (χ1) is 10.3. The summed E-state index contributed by atoms with van der Waals surface area (Å²) in [6, 6.07) is 12.0. The first-order valence-corrected chi connectivity index (χ1v) is 7.90. The van der Waals surface area contributed by atoms with Crippen LogP contribution in [0.4, 0.5) is 0 Å². The molecule has 0 fully saturated rings. The summed E-state index contributed by atoms with van der Waals surface area (Å²) in [7, 11) is 0. The van der Waals surface area contributed by atoms with E-state index in [-0.39, 0.29) is 5.91 Å². The van der Waals surface area contributed by atoms with Gasteiger partial charge in [-0.2, -0.15) is 0 Å². The molecule has 3 rings (SSSR count). The van der Waals surface area contributed by atoms with Gasteiger partial charge < -0.3 is 9.88 Å². The first-order valence-electron chi connectivity index (χ1n) is 7.02. The SMILES string of the molecule is O=C(Cc1cccs1)NCCCn1cnc2ccccc21. The predicted molar refractivity (Wildman–Crippen MR) is 85.4 cm³/mol. The molecule has 1 aromatic carbocycles. The van der Waals surface area contributed by atoms with Crippen LogP contribution in [0.15, 0.2) is 48.1 Å². The lowest BCUT2D eigenvalue weighted by Gasteiger charge is -2.06. The number of carbonyl (C=O) groups is 1. The van der Waals surface area contributed by atoms with Gasteiger partial charge in [-0.15, -0.1) is 11.3 Å². The molecule has 5 heteroatoms. The second kappa shape index (κ2) is 6.54. The number of fused-ring (bicyclic) bond motifs is 1. The van der Waals surface area contributed by atoms with E-state index in [0.29, 0.717) is 13.0 Å². The summed E-state index contributed by atoms with van der Waals surface area (Å²) >= 11 is 1.62. The Balaban J connectivity index is 1.45. The zero-order valence-electron chi connectivity index (χ0n) is 11.7. The summed E-state index contributed by atoms with van der Waals surface area (Å²) in [4.78, 5) is 17.2. The van der Waals surface area contributed by atoms with Gasteiger partial charge in [0.05, 0.1) is 23.8 Å². The topological polar surface area (TPSA) is 46.9 Å². The number of amides is 1. The second-order valence-corrected chi connectivity index (χ2v) is 5.92. The maximum Gasteiger partial charge on any atom is 0.225 e. The smallest absolute Gasteiger partial charge is 0.225 e. The molecule has 0 saturated heterocycles. The van der Waals surface area contributed by atoms with Gasteiger partial charge in [-0.3, -0.25) is 4.79 Å². The van der Waals surface area contributed by atoms with E-state index in [1.54, 1.807) is 11.3 Å². The quantitative estimate of drug-likeness (QED) is 0.711. The molecule has 108 valence electrons. The van der Waals surface area contributed by atoms with Crippen LogP contribution in [0.25, 0.3) is 11.0 Å². The molecule has 2 heterocycles. The first kappa shape index (κ1) is 13.8. The molecule has 0 spiro atoms. The van der Waals surface area contributed by atoms with Crippen molar-refractivity contribution in [2.24, 2.45) is 0 Å². The van der Waals surface area contributed by atoms with Gasteiger partial charge in [0.15, 0.2) is 0 Å². The van der Waals surface area contributed by atoms with Crippen molar-refractivity contribution in [3.05, 3.63) is 53.0 Å². The second-order valence-electron chi connectivity index (χ2n) is 4.89. The Morgan fingerprint density at radius 3 is 3.00 bits per heavy atom. The third-order valence-corrected chi connectivity index (χ3v) is 4.22. The fraction of sp³-hybridized carbons (Fsp3) is 0.250. The van der Waals surface area contributed by atoms with Crippen LogP contribution in [0.5, 0.6) is 0 Å². The Kier molecular flexibility index (Phi) is 4.31. The highest BCUT2D eigenvalue weighted by Crippen LogP contribution is 2.12. The summed E-state index contributed by atoms with van der Waals surface area (Å²) < 4.78 is 2.13. The third-order valence-electron chi connectivity index (χ3n) is 3.34. The molecule has 0 atom stereocenters. The standard InChI is InChI=1S/C16H17N3OS/c20-16(11-13-5-3-10-21-13)17-8-4-9-19-12-18-14-6-1-2-7-15(14)19/h1-3,5-7,10,12H,4,8-9,11H2,(H,17,20). The fourth-order valence-electron chi connectivity index (χ4n) is 2.30. The molecule has 0 saturated carbocycles. The highest BCUT2D eigenvalue weighted by molar-refractivity contribution is 7.10. The molecule has 1 amide bonds. The molecule has 21 heavy (non-hydrogen) atoms. The number of nitrogens with one attached hydrogen (secondary N) is 1. The molecule has 0 bridgehead atoms. The van der Waals surface area contributed by atoms with Crippen molar-refractivity contribution in [2.75, 3.05) is 6.54 Å². The summed E-state index contributed by atoms with van der Waals surface area (Å²) in [5.41, 5.74) is 2.15. The molecule has 0 unspecified atom stereocenters. The molecule has 4 nitrogen and oxygen atoms in total. The molecule has 0 aliphatic rings. The zero-order valence-corrected chi connectivity index (χ0v) is 12.5. The number of hydrogen-bond acceptors (Lipinski definition) is 3. The molecular formula is C16H17N3OS.